The van der Waals surface area contributed by atoms with Crippen molar-refractivity contribution >= 4 is 56.1 Å². The fraction of sp³-hybridized carbons (Fsp3) is 0.278. The van der Waals surface area contributed by atoms with E-state index in [-0.39, 0.29) is 17.2 Å². The fourth-order valence-corrected chi connectivity index (χ4v) is 4.94. The van der Waals surface area contributed by atoms with E-state index in [1.807, 2.05) is 0 Å². The van der Waals surface area contributed by atoms with E-state index in [2.05, 4.69) is 25.2 Å². The molecular formula is C18H18N6O2S2. The van der Waals surface area contributed by atoms with Gasteiger partial charge in [-0.15, -0.1) is 0 Å². The van der Waals surface area contributed by atoms with Gasteiger partial charge in [-0.2, -0.15) is 4.98 Å². The van der Waals surface area contributed by atoms with Gasteiger partial charge in [0.1, 0.15) is 16.1 Å². The lowest BCUT2D eigenvalue weighted by Crippen LogP contribution is -2.19. The van der Waals surface area contributed by atoms with Crippen LogP contribution in [0.1, 0.15) is 23.2 Å². The molecule has 1 fully saturated rings. The topological polar surface area (TPSA) is 114 Å². The minimum atomic E-state index is -0.583. The number of benzene rings is 1. The quantitative estimate of drug-likeness (QED) is 0.470. The van der Waals surface area contributed by atoms with E-state index in [4.69, 9.17) is 5.73 Å². The number of aromatic nitrogens is 3. The zero-order valence-electron chi connectivity index (χ0n) is 14.9. The number of hydrogen-bond donors (Lipinski definition) is 2. The summed E-state index contributed by atoms with van der Waals surface area (Å²) >= 11 is 2.88. The highest BCUT2D eigenvalue weighted by Gasteiger charge is 2.19. The van der Waals surface area contributed by atoms with Gasteiger partial charge in [-0.3, -0.25) is 9.59 Å². The van der Waals surface area contributed by atoms with E-state index in [0.29, 0.717) is 11.3 Å². The summed E-state index contributed by atoms with van der Waals surface area (Å²) in [5.41, 5.74) is 6.69. The first kappa shape index (κ1) is 18.6. The molecule has 1 aromatic carbocycles. The molecule has 0 bridgehead atoms. The Bertz CT molecular complexity index is 1030. The highest BCUT2D eigenvalue weighted by molar-refractivity contribution is 8.00. The highest BCUT2D eigenvalue weighted by Crippen LogP contribution is 2.34. The third kappa shape index (κ3) is 3.92. The summed E-state index contributed by atoms with van der Waals surface area (Å²) in [5.74, 6) is -0.675. The van der Waals surface area contributed by atoms with Gasteiger partial charge in [-0.1, -0.05) is 35.2 Å². The summed E-state index contributed by atoms with van der Waals surface area (Å²) in [5, 5.41) is 4.42. The number of thiazole rings is 1. The molecule has 10 heteroatoms. The van der Waals surface area contributed by atoms with Crippen molar-refractivity contribution in [1.82, 2.24) is 15.0 Å². The first-order valence-corrected chi connectivity index (χ1v) is 10.6. The predicted octanol–water partition coefficient (Wildman–Crippen LogP) is 2.52. The molecule has 3 aromatic rings. The van der Waals surface area contributed by atoms with Gasteiger partial charge in [0, 0.05) is 13.1 Å². The third-order valence-corrected chi connectivity index (χ3v) is 6.56. The van der Waals surface area contributed by atoms with Crippen LogP contribution < -0.4 is 16.0 Å². The second-order valence-electron chi connectivity index (χ2n) is 6.27. The summed E-state index contributed by atoms with van der Waals surface area (Å²) < 4.78 is 0.889. The maximum absolute atomic E-state index is 12.4. The fourth-order valence-electron chi connectivity index (χ4n) is 3.00. The molecule has 0 radical (unpaired) electrons. The van der Waals surface area contributed by atoms with Gasteiger partial charge in [-0.25, -0.2) is 9.97 Å². The average Bonchev–Trinajstić information content (AvgIpc) is 3.36. The Morgan fingerprint density at radius 1 is 1.21 bits per heavy atom. The molecule has 1 aliphatic heterocycles. The Morgan fingerprint density at radius 2 is 2.00 bits per heavy atom. The normalized spacial score (nSPS) is 13.8. The van der Waals surface area contributed by atoms with Crippen molar-refractivity contribution in [2.24, 2.45) is 5.73 Å². The minimum absolute atomic E-state index is 0.149. The van der Waals surface area contributed by atoms with Crippen LogP contribution >= 0.6 is 23.1 Å². The number of nitrogens with zero attached hydrogens (tertiary/aromatic N) is 4. The van der Waals surface area contributed by atoms with E-state index in [9.17, 15) is 9.59 Å². The van der Waals surface area contributed by atoms with Gasteiger partial charge in [0.15, 0.2) is 10.8 Å². The van der Waals surface area contributed by atoms with Crippen LogP contribution in [0.25, 0.3) is 10.3 Å². The molecule has 2 amide bonds. The largest absolute Gasteiger partial charge is 0.366 e. The smallest absolute Gasteiger partial charge is 0.250 e. The maximum Gasteiger partial charge on any atom is 0.250 e. The first-order valence-electron chi connectivity index (χ1n) is 8.80. The van der Waals surface area contributed by atoms with Crippen molar-refractivity contribution in [3.05, 3.63) is 36.2 Å². The van der Waals surface area contributed by atoms with Crippen molar-refractivity contribution < 1.29 is 9.59 Å². The Labute approximate surface area is 169 Å². The van der Waals surface area contributed by atoms with Crippen LogP contribution in [0.2, 0.25) is 0 Å². The van der Waals surface area contributed by atoms with Gasteiger partial charge in [-0.05, 0) is 25.0 Å². The molecule has 0 aliphatic carbocycles. The monoisotopic (exact) mass is 414 g/mol. The van der Waals surface area contributed by atoms with E-state index < -0.39 is 5.91 Å². The van der Waals surface area contributed by atoms with Gasteiger partial charge in [0.25, 0.3) is 5.91 Å². The number of thioether (sulfide) groups is 1. The number of nitrogens with one attached hydrogen (secondary N) is 1. The standard InChI is InChI=1S/C18H18N6O2S2/c19-15(26)11-5-1-2-6-12(11)22-13(25)9-27-17-14-16(20-10-21-17)23-18(28-14)24-7-3-4-8-24/h1-2,5-6,10H,3-4,7-9H2,(H2,19,26)(H,22,25). The zero-order valence-corrected chi connectivity index (χ0v) is 16.6. The lowest BCUT2D eigenvalue weighted by atomic mass is 10.1. The molecule has 2 aromatic heterocycles. The number of rotatable bonds is 6. The Morgan fingerprint density at radius 3 is 2.79 bits per heavy atom. The second kappa shape index (κ2) is 8.11. The maximum atomic E-state index is 12.4. The van der Waals surface area contributed by atoms with Crippen LogP contribution in [0.15, 0.2) is 35.6 Å². The van der Waals surface area contributed by atoms with E-state index in [1.54, 1.807) is 35.6 Å². The van der Waals surface area contributed by atoms with Gasteiger partial charge >= 0.3 is 0 Å². The van der Waals surface area contributed by atoms with Crippen LogP contribution in [0.4, 0.5) is 10.8 Å². The molecule has 4 rings (SSSR count). The summed E-state index contributed by atoms with van der Waals surface area (Å²) in [6, 6.07) is 6.66. The number of anilines is 2. The van der Waals surface area contributed by atoms with Gasteiger partial charge < -0.3 is 16.0 Å². The Kier molecular flexibility index (Phi) is 5.40. The summed E-state index contributed by atoms with van der Waals surface area (Å²) in [7, 11) is 0. The molecular weight excluding hydrogens is 396 g/mol. The average molecular weight is 415 g/mol. The van der Waals surface area contributed by atoms with Crippen LogP contribution in [0.3, 0.4) is 0 Å². The summed E-state index contributed by atoms with van der Waals surface area (Å²) in [4.78, 5) is 39.3. The zero-order chi connectivity index (χ0) is 19.5. The minimum Gasteiger partial charge on any atom is -0.366 e. The molecule has 3 heterocycles. The van der Waals surface area contributed by atoms with Gasteiger partial charge in [0.05, 0.1) is 17.0 Å². The summed E-state index contributed by atoms with van der Waals surface area (Å²) in [6.45, 7) is 2.02. The van der Waals surface area contributed by atoms with Gasteiger partial charge in [0.2, 0.25) is 5.91 Å². The molecule has 1 aliphatic rings. The number of amides is 2. The highest BCUT2D eigenvalue weighted by atomic mass is 32.2. The van der Waals surface area contributed by atoms with Crippen molar-refractivity contribution in [1.29, 1.82) is 0 Å². The SMILES string of the molecule is NC(=O)c1ccccc1NC(=O)CSc1ncnc2nc(N3CCCC3)sc12. The molecule has 8 nitrogen and oxygen atoms in total. The number of carbonyl (C=O) groups excluding carboxylic acids is 2. The van der Waals surface area contributed by atoms with Crippen LogP contribution in [-0.2, 0) is 4.79 Å². The molecule has 0 saturated carbocycles. The number of primary amides is 1. The molecule has 144 valence electrons. The molecule has 0 atom stereocenters. The summed E-state index contributed by atoms with van der Waals surface area (Å²) in [6.07, 6.45) is 3.82. The van der Waals surface area contributed by atoms with E-state index in [1.165, 1.54) is 30.9 Å². The predicted molar refractivity (Wildman–Crippen MR) is 111 cm³/mol. The van der Waals surface area contributed by atoms with Crippen LogP contribution in [0, 0.1) is 0 Å². The van der Waals surface area contributed by atoms with Crippen molar-refractivity contribution in [2.45, 2.75) is 17.9 Å². The molecule has 0 spiro atoms. The number of hydrogen-bond acceptors (Lipinski definition) is 8. The lowest BCUT2D eigenvalue weighted by Gasteiger charge is -2.11. The van der Waals surface area contributed by atoms with E-state index >= 15 is 0 Å². The molecule has 0 unspecified atom stereocenters. The lowest BCUT2D eigenvalue weighted by molar-refractivity contribution is -0.113. The first-order chi connectivity index (χ1) is 13.6. The Hall–Kier alpha value is -2.72. The molecule has 28 heavy (non-hydrogen) atoms. The van der Waals surface area contributed by atoms with Crippen molar-refractivity contribution in [2.75, 3.05) is 29.1 Å². The number of para-hydroxylation sites is 1. The van der Waals surface area contributed by atoms with Crippen molar-refractivity contribution in [3.63, 3.8) is 0 Å². The van der Waals surface area contributed by atoms with Crippen LogP contribution in [0.5, 0.6) is 0 Å². The third-order valence-electron chi connectivity index (χ3n) is 4.33. The van der Waals surface area contributed by atoms with E-state index in [0.717, 1.165) is 27.9 Å². The Balaban J connectivity index is 1.47. The van der Waals surface area contributed by atoms with Crippen LogP contribution in [-0.4, -0.2) is 45.6 Å². The molecule has 3 N–H and O–H groups in total. The number of nitrogens with two attached hydrogens (primary N) is 1. The van der Waals surface area contributed by atoms with Crippen molar-refractivity contribution in [3.8, 4) is 0 Å². The number of fused-ring (bicyclic) bond motifs is 1. The molecule has 1 saturated heterocycles. The number of carbonyl (C=O) groups is 2. The second-order valence-corrected chi connectivity index (χ2v) is 8.21.